The van der Waals surface area contributed by atoms with E-state index in [0.29, 0.717) is 11.0 Å². The summed E-state index contributed by atoms with van der Waals surface area (Å²) in [5, 5.41) is 6.54. The predicted molar refractivity (Wildman–Crippen MR) is 72.7 cm³/mol. The van der Waals surface area contributed by atoms with E-state index in [1.807, 2.05) is 32.9 Å². The molecule has 1 aliphatic heterocycles. The van der Waals surface area contributed by atoms with Crippen LogP contribution < -0.4 is 10.6 Å². The average molecular weight is 266 g/mol. The molecule has 0 aliphatic carbocycles. The molecule has 1 aromatic carbocycles. The highest BCUT2D eigenvalue weighted by Crippen LogP contribution is 2.25. The van der Waals surface area contributed by atoms with Gasteiger partial charge >= 0.3 is 0 Å². The third-order valence-electron chi connectivity index (χ3n) is 2.86. The van der Waals surface area contributed by atoms with Crippen LogP contribution >= 0.6 is 11.6 Å². The van der Waals surface area contributed by atoms with E-state index in [9.17, 15) is 4.79 Å². The van der Waals surface area contributed by atoms with E-state index >= 15 is 0 Å². The standard InChI is InChI=1S/C13H16ClN3O/c1-8(2)15-12-16-11(18)13(3,17-12)9-4-6-10(14)7-5-9/h4-8H,1-3H3,(H2,15,16,17,18). The quantitative estimate of drug-likeness (QED) is 0.860. The van der Waals surface area contributed by atoms with Gasteiger partial charge in [-0.2, -0.15) is 0 Å². The fraction of sp³-hybridized carbons (Fsp3) is 0.385. The average Bonchev–Trinajstić information content (AvgIpc) is 2.55. The van der Waals surface area contributed by atoms with Gasteiger partial charge in [-0.25, -0.2) is 0 Å². The van der Waals surface area contributed by atoms with Gasteiger partial charge in [-0.3, -0.25) is 15.1 Å². The number of carbonyl (C=O) groups excluding carboxylic acids is 1. The highest BCUT2D eigenvalue weighted by Gasteiger charge is 2.42. The van der Waals surface area contributed by atoms with E-state index in [1.54, 1.807) is 12.1 Å². The van der Waals surface area contributed by atoms with Crippen LogP contribution in [0.15, 0.2) is 29.3 Å². The van der Waals surface area contributed by atoms with Gasteiger partial charge in [0.05, 0.1) is 0 Å². The van der Waals surface area contributed by atoms with Crippen LogP contribution in [0.3, 0.4) is 0 Å². The number of nitrogens with one attached hydrogen (secondary N) is 2. The van der Waals surface area contributed by atoms with Crippen molar-refractivity contribution in [2.24, 2.45) is 4.99 Å². The van der Waals surface area contributed by atoms with Crippen LogP contribution in [-0.4, -0.2) is 17.9 Å². The first-order chi connectivity index (χ1) is 8.41. The minimum atomic E-state index is -0.793. The zero-order valence-corrected chi connectivity index (χ0v) is 11.4. The van der Waals surface area contributed by atoms with Crippen molar-refractivity contribution in [2.45, 2.75) is 32.4 Å². The van der Waals surface area contributed by atoms with Crippen LogP contribution in [-0.2, 0) is 10.3 Å². The predicted octanol–water partition coefficient (Wildman–Crippen LogP) is 2.04. The van der Waals surface area contributed by atoms with Crippen LogP contribution in [0.25, 0.3) is 0 Å². The molecule has 5 heteroatoms. The molecule has 0 bridgehead atoms. The molecule has 2 N–H and O–H groups in total. The lowest BCUT2D eigenvalue weighted by Crippen LogP contribution is -2.40. The van der Waals surface area contributed by atoms with Gasteiger partial charge in [-0.15, -0.1) is 0 Å². The number of nitrogens with zero attached hydrogens (tertiary/aromatic N) is 1. The zero-order valence-electron chi connectivity index (χ0n) is 10.6. The largest absolute Gasteiger partial charge is 0.338 e. The smallest absolute Gasteiger partial charge is 0.256 e. The number of amides is 1. The molecule has 0 spiro atoms. The van der Waals surface area contributed by atoms with Gasteiger partial charge in [0, 0.05) is 11.1 Å². The highest BCUT2D eigenvalue weighted by molar-refractivity contribution is 6.30. The first-order valence-corrected chi connectivity index (χ1v) is 6.23. The second-order valence-electron chi connectivity index (χ2n) is 4.78. The van der Waals surface area contributed by atoms with Crippen LogP contribution in [0.5, 0.6) is 0 Å². The number of hydrogen-bond acceptors (Lipinski definition) is 2. The molecule has 1 heterocycles. The zero-order chi connectivity index (χ0) is 13.3. The molecule has 1 unspecified atom stereocenters. The van der Waals surface area contributed by atoms with Crippen molar-refractivity contribution in [3.63, 3.8) is 0 Å². The molecule has 0 saturated carbocycles. The minimum Gasteiger partial charge on any atom is -0.338 e. The van der Waals surface area contributed by atoms with Gasteiger partial charge in [0.1, 0.15) is 5.54 Å². The fourth-order valence-corrected chi connectivity index (χ4v) is 1.99. The minimum absolute atomic E-state index is 0.107. The summed E-state index contributed by atoms with van der Waals surface area (Å²) in [7, 11) is 0. The van der Waals surface area contributed by atoms with E-state index in [0.717, 1.165) is 5.56 Å². The van der Waals surface area contributed by atoms with E-state index in [4.69, 9.17) is 11.6 Å². The van der Waals surface area contributed by atoms with Crippen LogP contribution in [0.4, 0.5) is 0 Å². The van der Waals surface area contributed by atoms with Crippen molar-refractivity contribution in [3.05, 3.63) is 34.9 Å². The summed E-state index contributed by atoms with van der Waals surface area (Å²) in [6.45, 7) is 5.74. The lowest BCUT2D eigenvalue weighted by molar-refractivity contribution is -0.123. The van der Waals surface area contributed by atoms with Gasteiger partial charge < -0.3 is 5.32 Å². The van der Waals surface area contributed by atoms with Crippen LogP contribution in [0.2, 0.25) is 5.02 Å². The number of halogens is 1. The molecule has 0 aromatic heterocycles. The molecule has 2 rings (SSSR count). The highest BCUT2D eigenvalue weighted by atomic mass is 35.5. The van der Waals surface area contributed by atoms with Gasteiger partial charge in [-0.05, 0) is 38.5 Å². The van der Waals surface area contributed by atoms with Gasteiger partial charge in [0.2, 0.25) is 0 Å². The van der Waals surface area contributed by atoms with E-state index < -0.39 is 5.54 Å². The molecule has 1 saturated heterocycles. The van der Waals surface area contributed by atoms with Crippen molar-refractivity contribution < 1.29 is 4.79 Å². The fourth-order valence-electron chi connectivity index (χ4n) is 1.87. The van der Waals surface area contributed by atoms with Crippen LogP contribution in [0, 0.1) is 0 Å². The Hall–Kier alpha value is -1.55. The Morgan fingerprint density at radius 2 is 1.89 bits per heavy atom. The molecule has 1 aromatic rings. The van der Waals surface area contributed by atoms with E-state index in [1.165, 1.54) is 0 Å². The van der Waals surface area contributed by atoms with Crippen molar-refractivity contribution in [2.75, 3.05) is 0 Å². The maximum absolute atomic E-state index is 12.1. The number of aliphatic imine (C=N–C) groups is 1. The van der Waals surface area contributed by atoms with Crippen LogP contribution in [0.1, 0.15) is 26.3 Å². The molecule has 1 atom stereocenters. The number of carbonyl (C=O) groups is 1. The molecule has 0 radical (unpaired) electrons. The first kappa shape index (κ1) is 12.9. The Labute approximate surface area is 111 Å². The Bertz CT molecular complexity index is 495. The number of rotatable bonds is 2. The summed E-state index contributed by atoms with van der Waals surface area (Å²) in [4.78, 5) is 16.4. The second-order valence-corrected chi connectivity index (χ2v) is 5.22. The van der Waals surface area contributed by atoms with Gasteiger partial charge in [0.25, 0.3) is 5.91 Å². The summed E-state index contributed by atoms with van der Waals surface area (Å²) in [5.74, 6) is 0.414. The summed E-state index contributed by atoms with van der Waals surface area (Å²) in [6.07, 6.45) is 0. The number of guanidine groups is 1. The van der Waals surface area contributed by atoms with Crippen molar-refractivity contribution in [1.29, 1.82) is 0 Å². The summed E-state index contributed by atoms with van der Waals surface area (Å²) >= 11 is 5.85. The Morgan fingerprint density at radius 1 is 1.28 bits per heavy atom. The van der Waals surface area contributed by atoms with Crippen molar-refractivity contribution in [3.8, 4) is 0 Å². The summed E-state index contributed by atoms with van der Waals surface area (Å²) in [6, 6.07) is 7.35. The lowest BCUT2D eigenvalue weighted by atomic mass is 9.92. The monoisotopic (exact) mass is 265 g/mol. The Kier molecular flexibility index (Phi) is 3.30. The normalized spacial score (nSPS) is 25.4. The number of benzene rings is 1. The third-order valence-corrected chi connectivity index (χ3v) is 3.12. The molecular formula is C13H16ClN3O. The Morgan fingerprint density at radius 3 is 2.44 bits per heavy atom. The lowest BCUT2D eigenvalue weighted by Gasteiger charge is -2.21. The van der Waals surface area contributed by atoms with E-state index in [-0.39, 0.29) is 11.9 Å². The second kappa shape index (κ2) is 4.61. The maximum Gasteiger partial charge on any atom is 0.256 e. The third kappa shape index (κ3) is 2.34. The molecule has 1 aliphatic rings. The number of hydrogen-bond donors (Lipinski definition) is 2. The summed E-state index contributed by atoms with van der Waals surface area (Å²) < 4.78 is 0. The van der Waals surface area contributed by atoms with Gasteiger partial charge in [0.15, 0.2) is 5.96 Å². The maximum atomic E-state index is 12.1. The van der Waals surface area contributed by atoms with Crippen molar-refractivity contribution >= 4 is 23.5 Å². The topological polar surface area (TPSA) is 53.5 Å². The first-order valence-electron chi connectivity index (χ1n) is 5.85. The molecule has 96 valence electrons. The molecule has 1 amide bonds. The molecular weight excluding hydrogens is 250 g/mol. The molecule has 1 fully saturated rings. The van der Waals surface area contributed by atoms with Crippen molar-refractivity contribution in [1.82, 2.24) is 10.6 Å². The van der Waals surface area contributed by atoms with E-state index in [2.05, 4.69) is 15.6 Å². The molecule has 18 heavy (non-hydrogen) atoms. The van der Waals surface area contributed by atoms with Gasteiger partial charge in [-0.1, -0.05) is 23.7 Å². The Balaban J connectivity index is 2.32. The summed E-state index contributed by atoms with van der Waals surface area (Å²) in [5.41, 5.74) is 0.0662. The molecule has 4 nitrogen and oxygen atoms in total. The SMILES string of the molecule is CC(C)N=C1NC(=O)C(C)(c2ccc(Cl)cc2)N1.